The van der Waals surface area contributed by atoms with Crippen molar-refractivity contribution in [3.8, 4) is 0 Å². The van der Waals surface area contributed by atoms with Gasteiger partial charge in [-0.2, -0.15) is 0 Å². The number of amides is 1. The van der Waals surface area contributed by atoms with Gasteiger partial charge in [0.2, 0.25) is 0 Å². The normalized spacial score (nSPS) is 16.8. The van der Waals surface area contributed by atoms with Crippen molar-refractivity contribution in [2.45, 2.75) is 25.2 Å². The minimum atomic E-state index is -0.407. The van der Waals surface area contributed by atoms with Crippen LogP contribution in [0.2, 0.25) is 0 Å². The lowest BCUT2D eigenvalue weighted by Crippen LogP contribution is -2.40. The molecule has 2 atom stereocenters. The number of hydrogen-bond acceptors (Lipinski definition) is 3. The Kier molecular flexibility index (Phi) is 4.84. The highest BCUT2D eigenvalue weighted by molar-refractivity contribution is 5.83. The zero-order valence-corrected chi connectivity index (χ0v) is 14.4. The van der Waals surface area contributed by atoms with E-state index in [1.807, 2.05) is 42.5 Å². The van der Waals surface area contributed by atoms with Gasteiger partial charge in [0.15, 0.2) is 0 Å². The molecule has 1 aliphatic heterocycles. The molecule has 0 saturated carbocycles. The van der Waals surface area contributed by atoms with Crippen molar-refractivity contribution < 1.29 is 14.3 Å². The molecular formula is C22H21NO3. The number of fused-ring (bicyclic) bond motifs is 1. The van der Waals surface area contributed by atoms with Gasteiger partial charge >= 0.3 is 6.09 Å². The molecular weight excluding hydrogens is 326 g/mol. The Hall–Kier alpha value is -2.85. The lowest BCUT2D eigenvalue weighted by molar-refractivity contribution is 0.133. The van der Waals surface area contributed by atoms with Crippen LogP contribution >= 0.6 is 0 Å². The topological polar surface area (TPSA) is 50.9 Å². The van der Waals surface area contributed by atoms with E-state index >= 15 is 0 Å². The van der Waals surface area contributed by atoms with Crippen LogP contribution in [0.5, 0.6) is 0 Å². The monoisotopic (exact) mass is 347 g/mol. The predicted octanol–water partition coefficient (Wildman–Crippen LogP) is 4.08. The van der Waals surface area contributed by atoms with Crippen LogP contribution in [-0.4, -0.2) is 24.8 Å². The molecule has 1 saturated heterocycles. The number of nitrogens with one attached hydrogen (secondary N) is 1. The van der Waals surface area contributed by atoms with E-state index in [9.17, 15) is 4.79 Å². The van der Waals surface area contributed by atoms with Crippen molar-refractivity contribution in [2.24, 2.45) is 0 Å². The summed E-state index contributed by atoms with van der Waals surface area (Å²) in [4.78, 5) is 12.2. The van der Waals surface area contributed by atoms with Crippen molar-refractivity contribution >= 4 is 16.9 Å². The molecule has 0 radical (unpaired) electrons. The largest absolute Gasteiger partial charge is 0.445 e. The number of benzene rings is 3. The highest BCUT2D eigenvalue weighted by Crippen LogP contribution is 2.21. The van der Waals surface area contributed by atoms with Gasteiger partial charge in [-0.05, 0) is 28.3 Å². The number of rotatable bonds is 6. The van der Waals surface area contributed by atoms with Gasteiger partial charge in [0, 0.05) is 0 Å². The van der Waals surface area contributed by atoms with E-state index in [1.54, 1.807) is 0 Å². The summed E-state index contributed by atoms with van der Waals surface area (Å²) in [6.45, 7) is 0.943. The summed E-state index contributed by atoms with van der Waals surface area (Å²) in [6.07, 6.45) is 0.372. The van der Waals surface area contributed by atoms with Crippen LogP contribution in [0.3, 0.4) is 0 Å². The zero-order valence-electron chi connectivity index (χ0n) is 14.4. The lowest BCUT2D eigenvalue weighted by Gasteiger charge is -2.17. The van der Waals surface area contributed by atoms with Gasteiger partial charge in [-0.1, -0.05) is 72.8 Å². The van der Waals surface area contributed by atoms with Crippen LogP contribution in [0.4, 0.5) is 4.79 Å². The summed E-state index contributed by atoms with van der Waals surface area (Å²) in [7, 11) is 0. The van der Waals surface area contributed by atoms with Gasteiger partial charge < -0.3 is 14.8 Å². The number of alkyl carbamates (subject to hydrolysis) is 1. The fraction of sp³-hybridized carbons (Fsp3) is 0.227. The van der Waals surface area contributed by atoms with E-state index in [4.69, 9.17) is 9.47 Å². The third-order valence-electron chi connectivity index (χ3n) is 4.59. The second kappa shape index (κ2) is 7.58. The maximum atomic E-state index is 12.2. The van der Waals surface area contributed by atoms with Gasteiger partial charge in [0.25, 0.3) is 0 Å². The van der Waals surface area contributed by atoms with Gasteiger partial charge in [-0.15, -0.1) is 0 Å². The molecule has 1 N–H and O–H groups in total. The number of hydrogen-bond donors (Lipinski definition) is 1. The first-order valence-electron chi connectivity index (χ1n) is 8.84. The van der Waals surface area contributed by atoms with Gasteiger partial charge in [-0.3, -0.25) is 0 Å². The molecule has 1 amide bonds. The highest BCUT2D eigenvalue weighted by atomic mass is 16.6. The maximum absolute atomic E-state index is 12.2. The summed E-state index contributed by atoms with van der Waals surface area (Å²) in [5.41, 5.74) is 2.14. The average molecular weight is 347 g/mol. The highest BCUT2D eigenvalue weighted by Gasteiger charge is 2.34. The predicted molar refractivity (Wildman–Crippen MR) is 101 cm³/mol. The fourth-order valence-corrected chi connectivity index (χ4v) is 3.10. The SMILES string of the molecule is O=C(N[C@@H](Cc1ccc2ccccc2c1)[C@H]1CO1)OCc1ccccc1. The molecule has 1 aliphatic rings. The summed E-state index contributed by atoms with van der Waals surface area (Å²) < 4.78 is 10.8. The zero-order chi connectivity index (χ0) is 17.8. The first-order chi connectivity index (χ1) is 12.8. The Morgan fingerprint density at radius 1 is 1.00 bits per heavy atom. The van der Waals surface area contributed by atoms with Crippen molar-refractivity contribution in [1.29, 1.82) is 0 Å². The summed E-state index contributed by atoms with van der Waals surface area (Å²) in [5, 5.41) is 5.37. The standard InChI is InChI=1S/C22H21NO3/c24-22(26-14-16-6-2-1-3-7-16)23-20(21-15-25-21)13-17-10-11-18-8-4-5-9-19(18)12-17/h1-12,20-21H,13-15H2,(H,23,24)/t20-,21+/m0/s1. The quantitative estimate of drug-likeness (QED) is 0.684. The molecule has 26 heavy (non-hydrogen) atoms. The Bertz CT molecular complexity index is 890. The molecule has 0 bridgehead atoms. The summed E-state index contributed by atoms with van der Waals surface area (Å²) in [5.74, 6) is 0. The number of carbonyl (C=O) groups excluding carboxylic acids is 1. The second-order valence-corrected chi connectivity index (χ2v) is 6.57. The van der Waals surface area contributed by atoms with Crippen LogP contribution < -0.4 is 5.32 Å². The fourth-order valence-electron chi connectivity index (χ4n) is 3.10. The molecule has 3 aromatic carbocycles. The number of ether oxygens (including phenoxy) is 2. The van der Waals surface area contributed by atoms with Crippen LogP contribution in [0.25, 0.3) is 10.8 Å². The third-order valence-corrected chi connectivity index (χ3v) is 4.59. The van der Waals surface area contributed by atoms with Gasteiger partial charge in [0.1, 0.15) is 12.7 Å². The van der Waals surface area contributed by atoms with Crippen LogP contribution in [0.15, 0.2) is 72.8 Å². The van der Waals surface area contributed by atoms with E-state index in [1.165, 1.54) is 16.3 Å². The average Bonchev–Trinajstić information content (AvgIpc) is 3.52. The molecule has 0 spiro atoms. The first-order valence-corrected chi connectivity index (χ1v) is 8.84. The molecule has 1 heterocycles. The van der Waals surface area contributed by atoms with Crippen molar-refractivity contribution in [3.63, 3.8) is 0 Å². The van der Waals surface area contributed by atoms with E-state index in [2.05, 4.69) is 35.6 Å². The van der Waals surface area contributed by atoms with Crippen LogP contribution in [-0.2, 0) is 22.5 Å². The van der Waals surface area contributed by atoms with Gasteiger partial charge in [-0.25, -0.2) is 4.79 Å². The van der Waals surface area contributed by atoms with Crippen molar-refractivity contribution in [1.82, 2.24) is 5.32 Å². The molecule has 0 aromatic heterocycles. The third kappa shape index (κ3) is 4.21. The molecule has 132 valence electrons. The minimum absolute atomic E-state index is 0.0609. The molecule has 4 heteroatoms. The molecule has 0 aliphatic carbocycles. The summed E-state index contributed by atoms with van der Waals surface area (Å²) in [6, 6.07) is 24.2. The first kappa shape index (κ1) is 16.6. The van der Waals surface area contributed by atoms with Crippen LogP contribution in [0, 0.1) is 0 Å². The molecule has 4 nitrogen and oxygen atoms in total. The number of carbonyl (C=O) groups is 1. The smallest absolute Gasteiger partial charge is 0.407 e. The van der Waals surface area contributed by atoms with Crippen molar-refractivity contribution in [3.05, 3.63) is 83.9 Å². The van der Waals surface area contributed by atoms with E-state index in [0.29, 0.717) is 6.61 Å². The lowest BCUT2D eigenvalue weighted by atomic mass is 10.0. The maximum Gasteiger partial charge on any atom is 0.407 e. The molecule has 4 rings (SSSR count). The molecule has 1 fully saturated rings. The Morgan fingerprint density at radius 2 is 1.73 bits per heavy atom. The molecule has 0 unspecified atom stereocenters. The van der Waals surface area contributed by atoms with E-state index in [-0.39, 0.29) is 18.8 Å². The van der Waals surface area contributed by atoms with Gasteiger partial charge in [0.05, 0.1) is 12.6 Å². The Morgan fingerprint density at radius 3 is 2.50 bits per heavy atom. The number of epoxide rings is 1. The van der Waals surface area contributed by atoms with E-state index < -0.39 is 6.09 Å². The minimum Gasteiger partial charge on any atom is -0.445 e. The van der Waals surface area contributed by atoms with Crippen LogP contribution in [0.1, 0.15) is 11.1 Å². The second-order valence-electron chi connectivity index (χ2n) is 6.57. The molecule has 3 aromatic rings. The Balaban J connectivity index is 1.38. The van der Waals surface area contributed by atoms with Crippen molar-refractivity contribution in [2.75, 3.05) is 6.61 Å². The summed E-state index contributed by atoms with van der Waals surface area (Å²) >= 11 is 0. The Labute approximate surface area is 152 Å². The van der Waals surface area contributed by atoms with E-state index in [0.717, 1.165) is 12.0 Å².